The van der Waals surface area contributed by atoms with Crippen LogP contribution in [0, 0.1) is 29.6 Å². The van der Waals surface area contributed by atoms with Crippen molar-refractivity contribution in [2.24, 2.45) is 29.6 Å². The van der Waals surface area contributed by atoms with Gasteiger partial charge in [0.25, 0.3) is 0 Å². The first kappa shape index (κ1) is 35.6. The van der Waals surface area contributed by atoms with Crippen LogP contribution in [0.1, 0.15) is 102 Å². The fourth-order valence-corrected chi connectivity index (χ4v) is 6.02. The molecule has 0 saturated carbocycles. The lowest BCUT2D eigenvalue weighted by Crippen LogP contribution is -2.46. The summed E-state index contributed by atoms with van der Waals surface area (Å²) in [4.78, 5) is 12.6. The second-order valence-electron chi connectivity index (χ2n) is 13.3. The maximum atomic E-state index is 12.6. The SMILES string of the molecule is CC[C@@H](C)[C@@H](OC)[C@@H](C)[C@@H](CC[C@H](C)[C@H](C[C@H](O[Si](C)(C)C(C)(C)C)C(C)C)OC)OC(=O)C(C)C. The van der Waals surface area contributed by atoms with Crippen LogP contribution in [0.2, 0.25) is 18.1 Å². The summed E-state index contributed by atoms with van der Waals surface area (Å²) >= 11 is 0. The summed E-state index contributed by atoms with van der Waals surface area (Å²) in [5.74, 6) is 0.968. The highest BCUT2D eigenvalue weighted by atomic mass is 28.4. The van der Waals surface area contributed by atoms with Crippen LogP contribution in [-0.4, -0.2) is 52.9 Å². The Morgan fingerprint density at radius 2 is 1.36 bits per heavy atom. The summed E-state index contributed by atoms with van der Waals surface area (Å²) in [5, 5.41) is 0.172. The minimum absolute atomic E-state index is 0.0526. The molecule has 0 aromatic rings. The van der Waals surface area contributed by atoms with Crippen molar-refractivity contribution in [2.45, 2.75) is 144 Å². The standard InChI is InChI=1S/C30H62O5Si/c1-16-22(6)28(33-13)24(8)25(34-29(31)21(4)5)18-17-23(7)27(32-12)19-26(20(2)3)35-36(14,15)30(9,10)11/h20-28H,16-19H2,1-15H3/t22-,23+,24+,25-,26+,27+,28-/m1/s1. The van der Waals surface area contributed by atoms with Crippen LogP contribution < -0.4 is 0 Å². The minimum Gasteiger partial charge on any atom is -0.462 e. The molecule has 0 N–H and O–H groups in total. The Balaban J connectivity index is 5.56. The second kappa shape index (κ2) is 15.9. The second-order valence-corrected chi connectivity index (χ2v) is 18.1. The first-order chi connectivity index (χ1) is 16.4. The normalized spacial score (nSPS) is 19.0. The lowest BCUT2D eigenvalue weighted by Gasteiger charge is -2.41. The molecular weight excluding hydrogens is 468 g/mol. The van der Waals surface area contributed by atoms with Crippen molar-refractivity contribution in [3.63, 3.8) is 0 Å². The number of hydrogen-bond acceptors (Lipinski definition) is 5. The van der Waals surface area contributed by atoms with E-state index in [1.807, 2.05) is 21.0 Å². The van der Waals surface area contributed by atoms with Crippen LogP contribution in [-0.2, 0) is 23.4 Å². The summed E-state index contributed by atoms with van der Waals surface area (Å²) in [6.07, 6.45) is 3.75. The molecule has 6 heteroatoms. The van der Waals surface area contributed by atoms with Crippen LogP contribution in [0.25, 0.3) is 0 Å². The summed E-state index contributed by atoms with van der Waals surface area (Å²) in [6.45, 7) is 28.6. The average Bonchev–Trinajstić information content (AvgIpc) is 2.77. The molecule has 0 aliphatic heterocycles. The molecule has 0 bridgehead atoms. The average molecular weight is 531 g/mol. The van der Waals surface area contributed by atoms with E-state index in [4.69, 9.17) is 18.6 Å². The largest absolute Gasteiger partial charge is 0.462 e. The summed E-state index contributed by atoms with van der Waals surface area (Å²) in [6, 6.07) is 0. The van der Waals surface area contributed by atoms with Gasteiger partial charge in [-0.15, -0.1) is 0 Å². The molecule has 0 unspecified atom stereocenters. The smallest absolute Gasteiger partial charge is 0.308 e. The van der Waals surface area contributed by atoms with E-state index in [0.29, 0.717) is 17.8 Å². The molecule has 36 heavy (non-hydrogen) atoms. The van der Waals surface area contributed by atoms with Crippen molar-refractivity contribution in [3.8, 4) is 0 Å². The number of carbonyl (C=O) groups is 1. The van der Waals surface area contributed by atoms with E-state index in [9.17, 15) is 4.79 Å². The van der Waals surface area contributed by atoms with Gasteiger partial charge >= 0.3 is 5.97 Å². The van der Waals surface area contributed by atoms with Gasteiger partial charge < -0.3 is 18.6 Å². The fourth-order valence-electron chi connectivity index (χ4n) is 4.54. The summed E-state index contributed by atoms with van der Waals surface area (Å²) in [7, 11) is 1.70. The van der Waals surface area contributed by atoms with Gasteiger partial charge in [0, 0.05) is 26.2 Å². The quantitative estimate of drug-likeness (QED) is 0.140. The van der Waals surface area contributed by atoms with Crippen molar-refractivity contribution in [1.29, 1.82) is 0 Å². The van der Waals surface area contributed by atoms with Crippen molar-refractivity contribution in [1.82, 2.24) is 0 Å². The highest BCUT2D eigenvalue weighted by molar-refractivity contribution is 6.74. The highest BCUT2D eigenvalue weighted by Crippen LogP contribution is 2.39. The van der Waals surface area contributed by atoms with E-state index in [1.54, 1.807) is 7.11 Å². The van der Waals surface area contributed by atoms with E-state index in [-0.39, 0.29) is 47.3 Å². The molecule has 0 aliphatic rings. The van der Waals surface area contributed by atoms with Crippen LogP contribution in [0.4, 0.5) is 0 Å². The molecule has 0 aromatic carbocycles. The minimum atomic E-state index is -1.88. The number of methoxy groups -OCH3 is 2. The predicted octanol–water partition coefficient (Wildman–Crippen LogP) is 8.12. The van der Waals surface area contributed by atoms with Gasteiger partial charge in [-0.3, -0.25) is 4.79 Å². The van der Waals surface area contributed by atoms with E-state index in [0.717, 1.165) is 25.7 Å². The maximum absolute atomic E-state index is 12.6. The van der Waals surface area contributed by atoms with Gasteiger partial charge in [-0.25, -0.2) is 0 Å². The van der Waals surface area contributed by atoms with E-state index >= 15 is 0 Å². The van der Waals surface area contributed by atoms with Gasteiger partial charge in [-0.1, -0.05) is 82.6 Å². The molecular formula is C30H62O5Si. The van der Waals surface area contributed by atoms with Gasteiger partial charge in [0.1, 0.15) is 6.10 Å². The van der Waals surface area contributed by atoms with Crippen LogP contribution in [0.3, 0.4) is 0 Å². The third-order valence-corrected chi connectivity index (χ3v) is 13.1. The molecule has 0 saturated heterocycles. The number of rotatable bonds is 17. The number of ether oxygens (including phenoxy) is 3. The summed E-state index contributed by atoms with van der Waals surface area (Å²) < 4.78 is 24.8. The van der Waals surface area contributed by atoms with Gasteiger partial charge in [-0.05, 0) is 55.1 Å². The van der Waals surface area contributed by atoms with E-state index in [1.165, 1.54) is 0 Å². The number of hydrogen-bond donors (Lipinski definition) is 0. The van der Waals surface area contributed by atoms with Gasteiger partial charge in [0.15, 0.2) is 8.32 Å². The molecule has 216 valence electrons. The topological polar surface area (TPSA) is 54.0 Å². The molecule has 0 radical (unpaired) electrons. The zero-order valence-electron chi connectivity index (χ0n) is 26.6. The van der Waals surface area contributed by atoms with Gasteiger partial charge in [-0.2, -0.15) is 0 Å². The molecule has 5 nitrogen and oxygen atoms in total. The molecule has 0 fully saturated rings. The molecule has 0 aromatic heterocycles. The fraction of sp³-hybridized carbons (Fsp3) is 0.967. The third-order valence-electron chi connectivity index (χ3n) is 8.62. The zero-order valence-corrected chi connectivity index (χ0v) is 27.6. The van der Waals surface area contributed by atoms with Gasteiger partial charge in [0.05, 0.1) is 18.1 Å². The molecule has 0 spiro atoms. The highest BCUT2D eigenvalue weighted by Gasteiger charge is 2.40. The Morgan fingerprint density at radius 1 is 0.806 bits per heavy atom. The Kier molecular flexibility index (Phi) is 15.7. The molecule has 0 amide bonds. The number of esters is 1. The van der Waals surface area contributed by atoms with E-state index < -0.39 is 8.32 Å². The Labute approximate surface area is 225 Å². The third kappa shape index (κ3) is 11.1. The van der Waals surface area contributed by atoms with E-state index in [2.05, 4.69) is 75.4 Å². The van der Waals surface area contributed by atoms with Gasteiger partial charge in [0.2, 0.25) is 0 Å². The molecule has 0 rings (SSSR count). The first-order valence-electron chi connectivity index (χ1n) is 14.4. The summed E-state index contributed by atoms with van der Waals surface area (Å²) in [5.41, 5.74) is 0. The predicted molar refractivity (Wildman–Crippen MR) is 155 cm³/mol. The zero-order chi connectivity index (χ0) is 28.4. The molecule has 7 atom stereocenters. The Bertz CT molecular complexity index is 613. The molecule has 0 aliphatic carbocycles. The first-order valence-corrected chi connectivity index (χ1v) is 17.3. The van der Waals surface area contributed by atoms with Crippen LogP contribution >= 0.6 is 0 Å². The molecule has 0 heterocycles. The van der Waals surface area contributed by atoms with Crippen LogP contribution in [0.5, 0.6) is 0 Å². The Morgan fingerprint density at radius 3 is 1.75 bits per heavy atom. The van der Waals surface area contributed by atoms with Crippen molar-refractivity contribution in [3.05, 3.63) is 0 Å². The Hall–Kier alpha value is -0.433. The van der Waals surface area contributed by atoms with Crippen molar-refractivity contribution < 1.29 is 23.4 Å². The maximum Gasteiger partial charge on any atom is 0.308 e. The lowest BCUT2D eigenvalue weighted by molar-refractivity contribution is -0.160. The van der Waals surface area contributed by atoms with Crippen molar-refractivity contribution in [2.75, 3.05) is 14.2 Å². The lowest BCUT2D eigenvalue weighted by atomic mass is 9.83. The monoisotopic (exact) mass is 530 g/mol. The number of carbonyl (C=O) groups excluding carboxylic acids is 1. The van der Waals surface area contributed by atoms with Crippen LogP contribution in [0.15, 0.2) is 0 Å². The van der Waals surface area contributed by atoms with Crippen molar-refractivity contribution >= 4 is 14.3 Å².